The molecule has 1 aliphatic rings. The Kier molecular flexibility index (Phi) is 5.25. The summed E-state index contributed by atoms with van der Waals surface area (Å²) < 4.78 is 1.87. The van der Waals surface area contributed by atoms with Crippen molar-refractivity contribution in [3.63, 3.8) is 0 Å². The third kappa shape index (κ3) is 4.48. The van der Waals surface area contributed by atoms with Crippen LogP contribution in [0.15, 0.2) is 48.8 Å². The average molecular weight is 395 g/mol. The fourth-order valence-electron chi connectivity index (χ4n) is 2.94. The molecule has 0 unspecified atom stereocenters. The van der Waals surface area contributed by atoms with Gasteiger partial charge in [-0.1, -0.05) is 24.3 Å². The van der Waals surface area contributed by atoms with Crippen molar-refractivity contribution in [1.82, 2.24) is 15.1 Å². The zero-order valence-corrected chi connectivity index (χ0v) is 16.5. The number of rotatable bonds is 7. The van der Waals surface area contributed by atoms with E-state index in [0.717, 1.165) is 41.1 Å². The molecule has 4 rings (SSSR count). The standard InChI is InChI=1S/C21H22N4O2S/c1-14-11-18(24-20(26)17-7-8-17)28-19(14)21(27)22-12-15-3-5-16(6-4-15)13-25-10-2-9-23-25/h2-6,9-11,17H,7-8,12-13H2,1H3,(H,22,27)(H,24,26). The van der Waals surface area contributed by atoms with E-state index in [1.54, 1.807) is 6.20 Å². The van der Waals surface area contributed by atoms with Gasteiger partial charge in [-0.3, -0.25) is 14.3 Å². The number of nitrogens with zero attached hydrogens (tertiary/aromatic N) is 2. The van der Waals surface area contributed by atoms with Crippen molar-refractivity contribution in [1.29, 1.82) is 0 Å². The third-order valence-corrected chi connectivity index (χ3v) is 5.85. The van der Waals surface area contributed by atoms with Gasteiger partial charge in [0.25, 0.3) is 5.91 Å². The molecule has 28 heavy (non-hydrogen) atoms. The highest BCUT2D eigenvalue weighted by Crippen LogP contribution is 2.32. The SMILES string of the molecule is Cc1cc(NC(=O)C2CC2)sc1C(=O)NCc1ccc(Cn2cccn2)cc1. The van der Waals surface area contributed by atoms with Crippen LogP contribution in [0.5, 0.6) is 0 Å². The molecule has 7 heteroatoms. The van der Waals surface area contributed by atoms with Crippen molar-refractivity contribution < 1.29 is 9.59 Å². The largest absolute Gasteiger partial charge is 0.347 e. The zero-order valence-electron chi connectivity index (χ0n) is 15.6. The zero-order chi connectivity index (χ0) is 19.5. The van der Waals surface area contributed by atoms with Crippen molar-refractivity contribution >= 4 is 28.2 Å². The second-order valence-corrected chi connectivity index (χ2v) is 8.14. The number of aromatic nitrogens is 2. The molecule has 1 saturated carbocycles. The van der Waals surface area contributed by atoms with E-state index in [1.807, 2.05) is 54.2 Å². The third-order valence-electron chi connectivity index (χ3n) is 4.70. The summed E-state index contributed by atoms with van der Waals surface area (Å²) in [7, 11) is 0. The molecule has 144 valence electrons. The molecule has 0 spiro atoms. The normalized spacial score (nSPS) is 13.3. The number of hydrogen-bond donors (Lipinski definition) is 2. The first-order valence-electron chi connectivity index (χ1n) is 9.33. The molecule has 2 amide bonds. The van der Waals surface area contributed by atoms with Crippen molar-refractivity contribution in [3.05, 3.63) is 70.4 Å². The van der Waals surface area contributed by atoms with Crippen molar-refractivity contribution in [2.45, 2.75) is 32.9 Å². The quantitative estimate of drug-likeness (QED) is 0.643. The molecule has 0 aliphatic heterocycles. The minimum atomic E-state index is -0.116. The van der Waals surface area contributed by atoms with E-state index in [1.165, 1.54) is 11.3 Å². The number of carbonyl (C=O) groups is 2. The first-order chi connectivity index (χ1) is 13.6. The minimum Gasteiger partial charge on any atom is -0.347 e. The summed E-state index contributed by atoms with van der Waals surface area (Å²) in [4.78, 5) is 25.1. The van der Waals surface area contributed by atoms with Crippen LogP contribution in [0.25, 0.3) is 0 Å². The summed E-state index contributed by atoms with van der Waals surface area (Å²) >= 11 is 1.33. The highest BCUT2D eigenvalue weighted by Gasteiger charge is 2.30. The number of anilines is 1. The van der Waals surface area contributed by atoms with Crippen LogP contribution in [-0.4, -0.2) is 21.6 Å². The number of carbonyl (C=O) groups excluding carboxylic acids is 2. The lowest BCUT2D eigenvalue weighted by Gasteiger charge is -2.07. The van der Waals surface area contributed by atoms with Crippen LogP contribution >= 0.6 is 11.3 Å². The van der Waals surface area contributed by atoms with E-state index < -0.39 is 0 Å². The Morgan fingerprint density at radius 3 is 2.64 bits per heavy atom. The number of thiophene rings is 1. The molecule has 1 fully saturated rings. The van der Waals surface area contributed by atoms with Crippen molar-refractivity contribution in [3.8, 4) is 0 Å². The monoisotopic (exact) mass is 394 g/mol. The first kappa shape index (κ1) is 18.4. The molecule has 0 bridgehead atoms. The molecular weight excluding hydrogens is 372 g/mol. The number of hydrogen-bond acceptors (Lipinski definition) is 4. The molecule has 0 saturated heterocycles. The second-order valence-electron chi connectivity index (χ2n) is 7.09. The predicted molar refractivity (Wildman–Crippen MR) is 109 cm³/mol. The smallest absolute Gasteiger partial charge is 0.261 e. The Morgan fingerprint density at radius 2 is 1.96 bits per heavy atom. The maximum atomic E-state index is 12.5. The van der Waals surface area contributed by atoms with E-state index in [-0.39, 0.29) is 17.7 Å². The Hall–Kier alpha value is -2.93. The Bertz CT molecular complexity index is 973. The highest BCUT2D eigenvalue weighted by atomic mass is 32.1. The van der Waals surface area contributed by atoms with Crippen LogP contribution in [0.2, 0.25) is 0 Å². The molecule has 2 heterocycles. The number of benzene rings is 1. The van der Waals surface area contributed by atoms with E-state index in [4.69, 9.17) is 0 Å². The summed E-state index contributed by atoms with van der Waals surface area (Å²) in [6.45, 7) is 3.08. The number of nitrogens with one attached hydrogen (secondary N) is 2. The van der Waals surface area contributed by atoms with Gasteiger partial charge < -0.3 is 10.6 Å². The summed E-state index contributed by atoms with van der Waals surface area (Å²) in [5, 5.41) is 10.8. The molecule has 3 aromatic rings. The van der Waals surface area contributed by atoms with E-state index in [0.29, 0.717) is 11.4 Å². The highest BCUT2D eigenvalue weighted by molar-refractivity contribution is 7.18. The summed E-state index contributed by atoms with van der Waals surface area (Å²) in [5.41, 5.74) is 3.07. The minimum absolute atomic E-state index is 0.0587. The Labute approximate surface area is 167 Å². The van der Waals surface area contributed by atoms with Crippen LogP contribution < -0.4 is 10.6 Å². The fourth-order valence-corrected chi connectivity index (χ4v) is 3.94. The predicted octanol–water partition coefficient (Wildman–Crippen LogP) is 3.58. The van der Waals surface area contributed by atoms with Gasteiger partial charge in [0.15, 0.2) is 0 Å². The van der Waals surface area contributed by atoms with Gasteiger partial charge in [0.2, 0.25) is 5.91 Å². The first-order valence-corrected chi connectivity index (χ1v) is 10.1. The van der Waals surface area contributed by atoms with Gasteiger partial charge in [0.05, 0.1) is 16.4 Å². The van der Waals surface area contributed by atoms with Gasteiger partial charge in [-0.05, 0) is 48.6 Å². The van der Waals surface area contributed by atoms with E-state index >= 15 is 0 Å². The topological polar surface area (TPSA) is 76.0 Å². The average Bonchev–Trinajstić information content (AvgIpc) is 3.31. The fraction of sp³-hybridized carbons (Fsp3) is 0.286. The van der Waals surface area contributed by atoms with Crippen LogP contribution in [-0.2, 0) is 17.9 Å². The van der Waals surface area contributed by atoms with Gasteiger partial charge in [0, 0.05) is 24.9 Å². The lowest BCUT2D eigenvalue weighted by Crippen LogP contribution is -2.22. The molecular formula is C21H22N4O2S. The van der Waals surface area contributed by atoms with Crippen molar-refractivity contribution in [2.24, 2.45) is 5.92 Å². The maximum absolute atomic E-state index is 12.5. The lowest BCUT2D eigenvalue weighted by atomic mass is 10.1. The second kappa shape index (κ2) is 7.98. The van der Waals surface area contributed by atoms with Crippen LogP contribution in [0.1, 0.15) is 39.2 Å². The van der Waals surface area contributed by atoms with Crippen LogP contribution in [0.3, 0.4) is 0 Å². The Balaban J connectivity index is 1.32. The molecule has 2 aromatic heterocycles. The van der Waals surface area contributed by atoms with Gasteiger partial charge in [-0.2, -0.15) is 5.10 Å². The molecule has 0 radical (unpaired) electrons. The lowest BCUT2D eigenvalue weighted by molar-refractivity contribution is -0.117. The molecule has 2 N–H and O–H groups in total. The van der Waals surface area contributed by atoms with Crippen LogP contribution in [0, 0.1) is 12.8 Å². The Morgan fingerprint density at radius 1 is 1.21 bits per heavy atom. The maximum Gasteiger partial charge on any atom is 0.261 e. The van der Waals surface area contributed by atoms with Crippen molar-refractivity contribution in [2.75, 3.05) is 5.32 Å². The van der Waals surface area contributed by atoms with Gasteiger partial charge in [-0.15, -0.1) is 11.3 Å². The summed E-state index contributed by atoms with van der Waals surface area (Å²) in [6, 6.07) is 11.9. The number of amides is 2. The van der Waals surface area contributed by atoms with Gasteiger partial charge in [0.1, 0.15) is 0 Å². The summed E-state index contributed by atoms with van der Waals surface area (Å²) in [5.74, 6) is 0.0920. The van der Waals surface area contributed by atoms with Crippen LogP contribution in [0.4, 0.5) is 5.00 Å². The molecule has 0 atom stereocenters. The van der Waals surface area contributed by atoms with E-state index in [9.17, 15) is 9.59 Å². The van der Waals surface area contributed by atoms with Gasteiger partial charge >= 0.3 is 0 Å². The molecule has 1 aromatic carbocycles. The number of aryl methyl sites for hydroxylation is 1. The van der Waals surface area contributed by atoms with Gasteiger partial charge in [-0.25, -0.2) is 0 Å². The van der Waals surface area contributed by atoms with E-state index in [2.05, 4.69) is 15.7 Å². The molecule has 6 nitrogen and oxygen atoms in total. The summed E-state index contributed by atoms with van der Waals surface area (Å²) in [6.07, 6.45) is 5.62. The molecule has 1 aliphatic carbocycles.